The molecule has 9 nitrogen and oxygen atoms in total. The number of anilines is 1. The van der Waals surface area contributed by atoms with E-state index in [1.54, 1.807) is 12.3 Å². The Morgan fingerprint density at radius 1 is 1.30 bits per heavy atom. The lowest BCUT2D eigenvalue weighted by molar-refractivity contribution is -0.384. The zero-order chi connectivity index (χ0) is 21.3. The molecule has 0 fully saturated rings. The van der Waals surface area contributed by atoms with Crippen molar-refractivity contribution in [2.24, 2.45) is 0 Å². The summed E-state index contributed by atoms with van der Waals surface area (Å²) in [7, 11) is 0. The Labute approximate surface area is 179 Å². The quantitative estimate of drug-likeness (QED) is 0.343. The van der Waals surface area contributed by atoms with Gasteiger partial charge in [0.05, 0.1) is 20.2 Å². The molecule has 4 aromatic rings. The number of aryl methyl sites for hydroxylation is 1. The van der Waals surface area contributed by atoms with Gasteiger partial charge in [0.25, 0.3) is 11.6 Å². The summed E-state index contributed by atoms with van der Waals surface area (Å²) in [6.07, 6.45) is 1.58. The highest BCUT2D eigenvalue weighted by Crippen LogP contribution is 2.29. The van der Waals surface area contributed by atoms with Gasteiger partial charge in [0, 0.05) is 18.3 Å². The standard InChI is InChI=1S/C19H14ClN5O4S/c1-11-2-4-14-17(8-11)30-19(21-14)22-18(26)15-6-7-24(23-15)10-29-16-5-3-12(25(27)28)9-13(16)20/h2-9H,10H2,1H3,(H,21,22,26). The molecule has 2 aromatic heterocycles. The van der Waals surface area contributed by atoms with Crippen molar-refractivity contribution < 1.29 is 14.5 Å². The van der Waals surface area contributed by atoms with Gasteiger partial charge in [-0.15, -0.1) is 0 Å². The SMILES string of the molecule is Cc1ccc2nc(NC(=O)c3ccn(COc4ccc([N+](=O)[O-])cc4Cl)n3)sc2c1. The smallest absolute Gasteiger partial charge is 0.277 e. The van der Waals surface area contributed by atoms with Gasteiger partial charge < -0.3 is 4.74 Å². The zero-order valence-electron chi connectivity index (χ0n) is 15.5. The maximum atomic E-state index is 12.5. The summed E-state index contributed by atoms with van der Waals surface area (Å²) in [6, 6.07) is 11.3. The van der Waals surface area contributed by atoms with Crippen molar-refractivity contribution in [1.29, 1.82) is 0 Å². The van der Waals surface area contributed by atoms with E-state index in [9.17, 15) is 14.9 Å². The monoisotopic (exact) mass is 443 g/mol. The summed E-state index contributed by atoms with van der Waals surface area (Å²) < 4.78 is 7.93. The van der Waals surface area contributed by atoms with E-state index in [2.05, 4.69) is 15.4 Å². The second-order valence-corrected chi connectivity index (χ2v) is 7.77. The Hall–Kier alpha value is -3.50. The molecule has 0 unspecified atom stereocenters. The molecule has 0 bridgehead atoms. The molecule has 0 radical (unpaired) electrons. The topological polar surface area (TPSA) is 112 Å². The maximum absolute atomic E-state index is 12.5. The number of fused-ring (bicyclic) bond motifs is 1. The first-order valence-electron chi connectivity index (χ1n) is 8.68. The van der Waals surface area contributed by atoms with E-state index in [1.807, 2.05) is 25.1 Å². The number of amides is 1. The highest BCUT2D eigenvalue weighted by molar-refractivity contribution is 7.22. The van der Waals surface area contributed by atoms with Crippen molar-refractivity contribution >= 4 is 49.9 Å². The zero-order valence-corrected chi connectivity index (χ0v) is 17.1. The van der Waals surface area contributed by atoms with Crippen LogP contribution in [0.2, 0.25) is 5.02 Å². The van der Waals surface area contributed by atoms with Crippen LogP contribution in [0.4, 0.5) is 10.8 Å². The molecular formula is C19H14ClN5O4S. The van der Waals surface area contributed by atoms with Crippen LogP contribution in [0.25, 0.3) is 10.2 Å². The Balaban J connectivity index is 1.40. The molecule has 2 heterocycles. The van der Waals surface area contributed by atoms with Crippen molar-refractivity contribution in [2.75, 3.05) is 5.32 Å². The molecule has 4 rings (SSSR count). The number of carbonyl (C=O) groups is 1. The molecule has 1 N–H and O–H groups in total. The van der Waals surface area contributed by atoms with Gasteiger partial charge in [-0.3, -0.25) is 20.2 Å². The molecule has 0 saturated heterocycles. The molecule has 1 amide bonds. The fraction of sp³-hybridized carbons (Fsp3) is 0.105. The first-order valence-corrected chi connectivity index (χ1v) is 9.87. The van der Waals surface area contributed by atoms with Gasteiger partial charge in [-0.2, -0.15) is 5.10 Å². The third kappa shape index (κ3) is 4.24. The highest BCUT2D eigenvalue weighted by Gasteiger charge is 2.14. The van der Waals surface area contributed by atoms with E-state index in [0.29, 0.717) is 5.13 Å². The van der Waals surface area contributed by atoms with Crippen molar-refractivity contribution in [3.63, 3.8) is 0 Å². The normalized spacial score (nSPS) is 10.9. The molecule has 0 saturated carbocycles. The van der Waals surface area contributed by atoms with E-state index in [4.69, 9.17) is 16.3 Å². The second kappa shape index (κ2) is 8.09. The van der Waals surface area contributed by atoms with Crippen molar-refractivity contribution in [1.82, 2.24) is 14.8 Å². The number of nitro groups is 1. The molecule has 0 atom stereocenters. The van der Waals surface area contributed by atoms with Gasteiger partial charge in [0.2, 0.25) is 0 Å². The third-order valence-corrected chi connectivity index (χ3v) is 5.35. The molecular weight excluding hydrogens is 430 g/mol. The minimum atomic E-state index is -0.541. The summed E-state index contributed by atoms with van der Waals surface area (Å²) in [5.74, 6) is -0.119. The summed E-state index contributed by atoms with van der Waals surface area (Å²) >= 11 is 7.39. The molecule has 0 aliphatic heterocycles. The largest absolute Gasteiger partial charge is 0.470 e. The Bertz CT molecular complexity index is 1270. The van der Waals surface area contributed by atoms with Gasteiger partial charge in [0.1, 0.15) is 5.75 Å². The van der Waals surface area contributed by atoms with Gasteiger partial charge >= 0.3 is 0 Å². The number of nitrogens with one attached hydrogen (secondary N) is 1. The fourth-order valence-corrected chi connectivity index (χ4v) is 3.85. The molecule has 0 aliphatic rings. The molecule has 2 aromatic carbocycles. The number of thiazole rings is 1. The van der Waals surface area contributed by atoms with E-state index in [1.165, 1.54) is 34.2 Å². The Kier molecular flexibility index (Phi) is 5.34. The van der Waals surface area contributed by atoms with Gasteiger partial charge in [-0.25, -0.2) is 9.67 Å². The minimum absolute atomic E-state index is 0.0226. The number of aromatic nitrogens is 3. The van der Waals surface area contributed by atoms with Crippen LogP contribution in [-0.4, -0.2) is 25.6 Å². The third-order valence-electron chi connectivity index (χ3n) is 4.12. The lowest BCUT2D eigenvalue weighted by Gasteiger charge is -2.07. The number of carbonyl (C=O) groups excluding carboxylic acids is 1. The van der Waals surface area contributed by atoms with E-state index >= 15 is 0 Å². The summed E-state index contributed by atoms with van der Waals surface area (Å²) in [4.78, 5) is 27.1. The summed E-state index contributed by atoms with van der Waals surface area (Å²) in [5, 5.41) is 18.3. The van der Waals surface area contributed by atoms with E-state index in [-0.39, 0.29) is 28.9 Å². The van der Waals surface area contributed by atoms with E-state index in [0.717, 1.165) is 15.8 Å². The molecule has 30 heavy (non-hydrogen) atoms. The number of rotatable bonds is 6. The van der Waals surface area contributed by atoms with Crippen LogP contribution < -0.4 is 10.1 Å². The number of ether oxygens (including phenoxy) is 1. The number of hydrogen-bond acceptors (Lipinski definition) is 7. The first kappa shape index (κ1) is 19.8. The maximum Gasteiger partial charge on any atom is 0.277 e. The van der Waals surface area contributed by atoms with Crippen LogP contribution in [0.15, 0.2) is 48.7 Å². The predicted octanol–water partition coefficient (Wildman–Crippen LogP) is 4.65. The number of halogens is 1. The minimum Gasteiger partial charge on any atom is -0.470 e. The summed E-state index contributed by atoms with van der Waals surface area (Å²) in [6.45, 7) is 1.97. The van der Waals surface area contributed by atoms with Crippen LogP contribution in [0.1, 0.15) is 16.1 Å². The lowest BCUT2D eigenvalue weighted by Crippen LogP contribution is -2.14. The average Bonchev–Trinajstić information content (AvgIpc) is 3.33. The number of benzene rings is 2. The van der Waals surface area contributed by atoms with Crippen LogP contribution in [0, 0.1) is 17.0 Å². The first-order chi connectivity index (χ1) is 14.4. The molecule has 11 heteroatoms. The number of hydrogen-bond donors (Lipinski definition) is 1. The second-order valence-electron chi connectivity index (χ2n) is 6.33. The number of nitrogens with zero attached hydrogens (tertiary/aromatic N) is 4. The van der Waals surface area contributed by atoms with Crippen LogP contribution in [0.5, 0.6) is 5.75 Å². The average molecular weight is 444 g/mol. The lowest BCUT2D eigenvalue weighted by atomic mass is 10.2. The van der Waals surface area contributed by atoms with Crippen LogP contribution >= 0.6 is 22.9 Å². The van der Waals surface area contributed by atoms with Gasteiger partial charge in [-0.1, -0.05) is 29.0 Å². The van der Waals surface area contributed by atoms with Crippen molar-refractivity contribution in [3.05, 3.63) is 75.1 Å². The van der Waals surface area contributed by atoms with Crippen molar-refractivity contribution in [3.8, 4) is 5.75 Å². The predicted molar refractivity (Wildman–Crippen MR) is 113 cm³/mol. The Morgan fingerprint density at radius 2 is 2.13 bits per heavy atom. The van der Waals surface area contributed by atoms with Crippen LogP contribution in [-0.2, 0) is 6.73 Å². The fourth-order valence-electron chi connectivity index (χ4n) is 2.66. The Morgan fingerprint density at radius 3 is 2.90 bits per heavy atom. The molecule has 152 valence electrons. The highest BCUT2D eigenvalue weighted by atomic mass is 35.5. The summed E-state index contributed by atoms with van der Waals surface area (Å²) in [5.41, 5.74) is 2.01. The van der Waals surface area contributed by atoms with Crippen LogP contribution in [0.3, 0.4) is 0 Å². The van der Waals surface area contributed by atoms with Gasteiger partial charge in [0.15, 0.2) is 17.6 Å². The van der Waals surface area contributed by atoms with E-state index < -0.39 is 10.8 Å². The number of non-ortho nitro benzene ring substituents is 1. The van der Waals surface area contributed by atoms with Gasteiger partial charge in [-0.05, 0) is 36.8 Å². The molecule has 0 spiro atoms. The number of nitro benzene ring substituents is 1. The molecule has 0 aliphatic carbocycles. The van der Waals surface area contributed by atoms with Crippen molar-refractivity contribution in [2.45, 2.75) is 13.7 Å².